The maximum Gasteiger partial charge on any atom is 0.266 e. The van der Waals surface area contributed by atoms with Gasteiger partial charge in [-0.15, -0.1) is 0 Å². The molecule has 1 heterocycles. The highest BCUT2D eigenvalue weighted by Crippen LogP contribution is 2.23. The number of rotatable bonds is 2. The predicted molar refractivity (Wildman–Crippen MR) is 61.4 cm³/mol. The van der Waals surface area contributed by atoms with Gasteiger partial charge in [-0.3, -0.25) is 4.79 Å². The second-order valence-electron chi connectivity index (χ2n) is 3.53. The first-order valence-electron chi connectivity index (χ1n) is 5.00. The van der Waals surface area contributed by atoms with Crippen LogP contribution >= 0.6 is 0 Å². The molecule has 0 atom stereocenters. The first-order valence-corrected chi connectivity index (χ1v) is 5.00. The lowest BCUT2D eigenvalue weighted by atomic mass is 10.1. The van der Waals surface area contributed by atoms with E-state index in [2.05, 4.69) is 5.10 Å². The summed E-state index contributed by atoms with van der Waals surface area (Å²) in [6, 6.07) is 7.49. The highest BCUT2D eigenvalue weighted by molar-refractivity contribution is 5.59. The van der Waals surface area contributed by atoms with E-state index in [1.165, 1.54) is 30.0 Å². The van der Waals surface area contributed by atoms with E-state index < -0.39 is 5.82 Å². The maximum absolute atomic E-state index is 13.5. The molecule has 5 heteroatoms. The van der Waals surface area contributed by atoms with Gasteiger partial charge in [0.05, 0.1) is 12.8 Å². The summed E-state index contributed by atoms with van der Waals surface area (Å²) in [7, 11) is 2.95. The fourth-order valence-corrected chi connectivity index (χ4v) is 1.48. The number of nitrogens with zero attached hydrogens (tertiary/aromatic N) is 2. The van der Waals surface area contributed by atoms with E-state index >= 15 is 0 Å². The Hall–Kier alpha value is -2.17. The minimum absolute atomic E-state index is 0.179. The van der Waals surface area contributed by atoms with Crippen molar-refractivity contribution in [3.8, 4) is 17.0 Å². The molecule has 0 N–H and O–H groups in total. The van der Waals surface area contributed by atoms with Crippen LogP contribution in [0.25, 0.3) is 11.3 Å². The number of hydrogen-bond donors (Lipinski definition) is 0. The molecule has 0 aliphatic rings. The Morgan fingerprint density at radius 1 is 1.29 bits per heavy atom. The van der Waals surface area contributed by atoms with Crippen molar-refractivity contribution >= 4 is 0 Å². The molecule has 2 aromatic rings. The van der Waals surface area contributed by atoms with Crippen molar-refractivity contribution in [3.63, 3.8) is 0 Å². The first-order chi connectivity index (χ1) is 8.11. The average molecular weight is 234 g/mol. The van der Waals surface area contributed by atoms with E-state index in [-0.39, 0.29) is 11.3 Å². The van der Waals surface area contributed by atoms with Crippen LogP contribution in [0, 0.1) is 5.82 Å². The Kier molecular flexibility index (Phi) is 2.91. The summed E-state index contributed by atoms with van der Waals surface area (Å²) in [5, 5.41) is 4.04. The molecule has 0 radical (unpaired) electrons. The second kappa shape index (κ2) is 4.37. The summed E-state index contributed by atoms with van der Waals surface area (Å²) in [5.74, 6) is -0.278. The number of hydrogen-bond acceptors (Lipinski definition) is 3. The number of halogens is 1. The molecule has 0 aliphatic heterocycles. The summed E-state index contributed by atoms with van der Waals surface area (Å²) < 4.78 is 19.5. The molecule has 0 unspecified atom stereocenters. The van der Waals surface area contributed by atoms with Crippen molar-refractivity contribution in [1.29, 1.82) is 0 Å². The summed E-state index contributed by atoms with van der Waals surface area (Å²) >= 11 is 0. The Bertz CT molecular complexity index is 608. The van der Waals surface area contributed by atoms with Gasteiger partial charge in [0.15, 0.2) is 11.6 Å². The molecule has 0 spiro atoms. The Labute approximate surface area is 97.3 Å². The zero-order valence-corrected chi connectivity index (χ0v) is 9.48. The van der Waals surface area contributed by atoms with Crippen molar-refractivity contribution in [1.82, 2.24) is 9.78 Å². The van der Waals surface area contributed by atoms with Crippen LogP contribution < -0.4 is 10.3 Å². The van der Waals surface area contributed by atoms with Gasteiger partial charge in [0.1, 0.15) is 0 Å². The van der Waals surface area contributed by atoms with Crippen LogP contribution in [-0.2, 0) is 7.05 Å². The number of aryl methyl sites for hydroxylation is 1. The van der Waals surface area contributed by atoms with E-state index in [4.69, 9.17) is 4.74 Å². The molecule has 4 nitrogen and oxygen atoms in total. The van der Waals surface area contributed by atoms with E-state index in [9.17, 15) is 9.18 Å². The molecule has 0 saturated carbocycles. The van der Waals surface area contributed by atoms with Crippen molar-refractivity contribution < 1.29 is 9.13 Å². The minimum Gasteiger partial charge on any atom is -0.494 e. The van der Waals surface area contributed by atoms with E-state index in [0.717, 1.165) is 0 Å². The fourth-order valence-electron chi connectivity index (χ4n) is 1.48. The number of methoxy groups -OCH3 is 1. The quantitative estimate of drug-likeness (QED) is 0.792. The average Bonchev–Trinajstić information content (AvgIpc) is 2.32. The summed E-state index contributed by atoms with van der Waals surface area (Å²) in [6.45, 7) is 0. The molecule has 2 rings (SSSR count). The van der Waals surface area contributed by atoms with Crippen LogP contribution in [-0.4, -0.2) is 16.9 Å². The third kappa shape index (κ3) is 2.18. The topological polar surface area (TPSA) is 44.1 Å². The van der Waals surface area contributed by atoms with Crippen LogP contribution in [0.15, 0.2) is 35.1 Å². The second-order valence-corrected chi connectivity index (χ2v) is 3.53. The van der Waals surface area contributed by atoms with Crippen LogP contribution in [0.2, 0.25) is 0 Å². The first kappa shape index (κ1) is 11.3. The van der Waals surface area contributed by atoms with Crippen LogP contribution in [0.3, 0.4) is 0 Å². The van der Waals surface area contributed by atoms with Crippen molar-refractivity contribution in [2.45, 2.75) is 0 Å². The number of benzene rings is 1. The lowest BCUT2D eigenvalue weighted by Gasteiger charge is -2.05. The molecule has 0 saturated heterocycles. The monoisotopic (exact) mass is 234 g/mol. The fraction of sp³-hybridized carbons (Fsp3) is 0.167. The molecule has 0 bridgehead atoms. The normalized spacial score (nSPS) is 10.3. The van der Waals surface area contributed by atoms with Gasteiger partial charge >= 0.3 is 0 Å². The molecule has 0 fully saturated rings. The maximum atomic E-state index is 13.5. The predicted octanol–water partition coefficient (Wildman–Crippen LogP) is 1.59. The smallest absolute Gasteiger partial charge is 0.266 e. The summed E-state index contributed by atoms with van der Waals surface area (Å²) in [6.07, 6.45) is 0. The molecular weight excluding hydrogens is 223 g/mol. The lowest BCUT2D eigenvalue weighted by molar-refractivity contribution is 0.386. The van der Waals surface area contributed by atoms with Gasteiger partial charge in [-0.1, -0.05) is 0 Å². The van der Waals surface area contributed by atoms with Crippen LogP contribution in [0.4, 0.5) is 4.39 Å². The summed E-state index contributed by atoms with van der Waals surface area (Å²) in [4.78, 5) is 11.2. The van der Waals surface area contributed by atoms with Crippen molar-refractivity contribution in [2.75, 3.05) is 7.11 Å². The highest BCUT2D eigenvalue weighted by atomic mass is 19.1. The van der Waals surface area contributed by atoms with Gasteiger partial charge in [0.2, 0.25) is 0 Å². The molecular formula is C12H11FN2O2. The SMILES string of the molecule is COc1ccc(-c2ccc(=O)n(C)n2)cc1F. The molecule has 1 aromatic heterocycles. The van der Waals surface area contributed by atoms with E-state index in [1.54, 1.807) is 19.2 Å². The third-order valence-corrected chi connectivity index (χ3v) is 2.41. The van der Waals surface area contributed by atoms with Crippen LogP contribution in [0.5, 0.6) is 5.75 Å². The minimum atomic E-state index is -0.458. The Morgan fingerprint density at radius 3 is 2.65 bits per heavy atom. The van der Waals surface area contributed by atoms with Gasteiger partial charge < -0.3 is 4.74 Å². The molecule has 0 amide bonds. The zero-order valence-electron chi connectivity index (χ0n) is 9.48. The molecule has 0 aliphatic carbocycles. The largest absolute Gasteiger partial charge is 0.494 e. The summed E-state index contributed by atoms with van der Waals surface area (Å²) in [5.41, 5.74) is 0.926. The molecule has 1 aromatic carbocycles. The van der Waals surface area contributed by atoms with E-state index in [0.29, 0.717) is 11.3 Å². The van der Waals surface area contributed by atoms with Gasteiger partial charge in [-0.05, 0) is 24.3 Å². The molecule has 17 heavy (non-hydrogen) atoms. The molecule has 88 valence electrons. The number of aromatic nitrogens is 2. The zero-order chi connectivity index (χ0) is 12.4. The van der Waals surface area contributed by atoms with Gasteiger partial charge in [-0.25, -0.2) is 9.07 Å². The van der Waals surface area contributed by atoms with Crippen molar-refractivity contribution in [2.24, 2.45) is 7.05 Å². The highest BCUT2D eigenvalue weighted by Gasteiger charge is 2.06. The van der Waals surface area contributed by atoms with Gasteiger partial charge in [0, 0.05) is 18.7 Å². The third-order valence-electron chi connectivity index (χ3n) is 2.41. The van der Waals surface area contributed by atoms with Crippen molar-refractivity contribution in [3.05, 3.63) is 46.5 Å². The Balaban J connectivity index is 2.49. The lowest BCUT2D eigenvalue weighted by Crippen LogP contribution is -2.18. The number of ether oxygens (including phenoxy) is 1. The standard InChI is InChI=1S/C12H11FN2O2/c1-15-12(16)6-4-10(14-15)8-3-5-11(17-2)9(13)7-8/h3-7H,1-2H3. The van der Waals surface area contributed by atoms with Gasteiger partial charge in [0.25, 0.3) is 5.56 Å². The van der Waals surface area contributed by atoms with E-state index in [1.807, 2.05) is 0 Å². The van der Waals surface area contributed by atoms with Gasteiger partial charge in [-0.2, -0.15) is 5.10 Å². The Morgan fingerprint density at radius 2 is 2.06 bits per heavy atom. The van der Waals surface area contributed by atoms with Crippen LogP contribution in [0.1, 0.15) is 0 Å².